The zero-order chi connectivity index (χ0) is 14.2. The van der Waals surface area contributed by atoms with Crippen molar-refractivity contribution in [3.8, 4) is 18.1 Å². The first kappa shape index (κ1) is 15.4. The van der Waals surface area contributed by atoms with E-state index in [-0.39, 0.29) is 0 Å². The van der Waals surface area contributed by atoms with Crippen LogP contribution in [0.2, 0.25) is 0 Å². The predicted octanol–water partition coefficient (Wildman–Crippen LogP) is 4.27. The van der Waals surface area contributed by atoms with Crippen LogP contribution in [0.5, 0.6) is 5.75 Å². The molecule has 0 amide bonds. The van der Waals surface area contributed by atoms with Gasteiger partial charge in [0.05, 0.1) is 0 Å². The molecule has 20 heavy (non-hydrogen) atoms. The summed E-state index contributed by atoms with van der Waals surface area (Å²) in [6, 6.07) is 6.71. The van der Waals surface area contributed by atoms with E-state index in [1.54, 1.807) is 0 Å². The molecule has 0 heterocycles. The van der Waals surface area contributed by atoms with Crippen LogP contribution in [-0.2, 0) is 6.54 Å². The van der Waals surface area contributed by atoms with Crippen LogP contribution in [-0.4, -0.2) is 12.6 Å². The summed E-state index contributed by atoms with van der Waals surface area (Å²) in [5.41, 5.74) is 1.17. The van der Waals surface area contributed by atoms with Gasteiger partial charge in [0, 0.05) is 22.6 Å². The molecule has 3 heteroatoms. The quantitative estimate of drug-likeness (QED) is 0.640. The molecule has 0 radical (unpaired) electrons. The van der Waals surface area contributed by atoms with Crippen LogP contribution in [0.25, 0.3) is 0 Å². The van der Waals surface area contributed by atoms with E-state index in [0.717, 1.165) is 16.8 Å². The minimum atomic E-state index is 0.318. The van der Waals surface area contributed by atoms with Crippen molar-refractivity contribution in [3.63, 3.8) is 0 Å². The van der Waals surface area contributed by atoms with Crippen LogP contribution in [0.3, 0.4) is 0 Å². The fraction of sp³-hybridized carbons (Fsp3) is 0.529. The molecule has 0 aromatic heterocycles. The zero-order valence-corrected chi connectivity index (χ0v) is 13.4. The Morgan fingerprint density at radius 3 is 2.70 bits per heavy atom. The Morgan fingerprint density at radius 1 is 1.25 bits per heavy atom. The zero-order valence-electron chi connectivity index (χ0n) is 11.8. The molecule has 1 saturated carbocycles. The topological polar surface area (TPSA) is 21.3 Å². The molecule has 0 aliphatic heterocycles. The molecule has 0 atom stereocenters. The Labute approximate surface area is 130 Å². The minimum Gasteiger partial charge on any atom is -0.481 e. The van der Waals surface area contributed by atoms with Gasteiger partial charge in [-0.3, -0.25) is 0 Å². The molecule has 1 aliphatic rings. The highest BCUT2D eigenvalue weighted by Crippen LogP contribution is 2.24. The molecule has 2 nitrogen and oxygen atoms in total. The summed E-state index contributed by atoms with van der Waals surface area (Å²) < 4.78 is 6.68. The third kappa shape index (κ3) is 4.85. The Morgan fingerprint density at radius 2 is 2.00 bits per heavy atom. The number of ether oxygens (including phenoxy) is 1. The van der Waals surface area contributed by atoms with Gasteiger partial charge in [0.25, 0.3) is 0 Å². The van der Waals surface area contributed by atoms with E-state index < -0.39 is 0 Å². The molecule has 1 aromatic rings. The summed E-state index contributed by atoms with van der Waals surface area (Å²) in [6.07, 6.45) is 13.3. The summed E-state index contributed by atoms with van der Waals surface area (Å²) in [5, 5.41) is 3.67. The first-order valence-corrected chi connectivity index (χ1v) is 8.17. The lowest BCUT2D eigenvalue weighted by atomic mass is 10.1. The lowest BCUT2D eigenvalue weighted by Gasteiger charge is -2.18. The molecule has 0 bridgehead atoms. The number of terminal acetylenes is 1. The van der Waals surface area contributed by atoms with Gasteiger partial charge in [0.15, 0.2) is 0 Å². The van der Waals surface area contributed by atoms with E-state index in [9.17, 15) is 0 Å². The standard InChI is InChI=1S/C17H22BrNO/c1-2-11-20-17-10-9-15(18)12-14(17)13-19-16-7-5-3-4-6-8-16/h1,9-10,12,16,19H,3-8,11,13H2. The van der Waals surface area contributed by atoms with Crippen molar-refractivity contribution in [1.29, 1.82) is 0 Å². The first-order chi connectivity index (χ1) is 9.79. The SMILES string of the molecule is C#CCOc1ccc(Br)cc1CNC1CCCCCC1. The highest BCUT2D eigenvalue weighted by molar-refractivity contribution is 9.10. The highest BCUT2D eigenvalue weighted by atomic mass is 79.9. The monoisotopic (exact) mass is 335 g/mol. The Hall–Kier alpha value is -0.980. The lowest BCUT2D eigenvalue weighted by molar-refractivity contribution is 0.362. The average Bonchev–Trinajstić information content (AvgIpc) is 2.72. The second-order valence-corrected chi connectivity index (χ2v) is 6.23. The van der Waals surface area contributed by atoms with Crippen molar-refractivity contribution in [2.24, 2.45) is 0 Å². The second-order valence-electron chi connectivity index (χ2n) is 5.31. The van der Waals surface area contributed by atoms with Crippen molar-refractivity contribution in [2.45, 2.75) is 51.1 Å². The average molecular weight is 336 g/mol. The summed E-state index contributed by atoms with van der Waals surface area (Å²) in [7, 11) is 0. The second kappa shape index (κ2) is 8.34. The van der Waals surface area contributed by atoms with Gasteiger partial charge in [-0.1, -0.05) is 47.5 Å². The van der Waals surface area contributed by atoms with Crippen LogP contribution < -0.4 is 10.1 Å². The first-order valence-electron chi connectivity index (χ1n) is 7.37. The number of benzene rings is 1. The number of hydrogen-bond donors (Lipinski definition) is 1. The highest BCUT2D eigenvalue weighted by Gasteiger charge is 2.12. The Bertz CT molecular complexity index is 459. The molecular formula is C17H22BrNO. The van der Waals surface area contributed by atoms with Gasteiger partial charge >= 0.3 is 0 Å². The molecule has 1 aromatic carbocycles. The smallest absolute Gasteiger partial charge is 0.148 e. The van der Waals surface area contributed by atoms with E-state index in [1.807, 2.05) is 12.1 Å². The predicted molar refractivity (Wildman–Crippen MR) is 86.8 cm³/mol. The van der Waals surface area contributed by atoms with Gasteiger partial charge in [-0.05, 0) is 31.0 Å². The fourth-order valence-corrected chi connectivity index (χ4v) is 3.09. The normalized spacial score (nSPS) is 16.4. The maximum atomic E-state index is 5.61. The summed E-state index contributed by atoms with van der Waals surface area (Å²) in [6.45, 7) is 1.15. The molecule has 0 saturated heterocycles. The summed E-state index contributed by atoms with van der Waals surface area (Å²) in [4.78, 5) is 0. The molecule has 0 spiro atoms. The van der Waals surface area contributed by atoms with Crippen molar-refractivity contribution >= 4 is 15.9 Å². The third-order valence-electron chi connectivity index (χ3n) is 3.77. The van der Waals surface area contributed by atoms with Crippen LogP contribution in [0.4, 0.5) is 0 Å². The van der Waals surface area contributed by atoms with Gasteiger partial charge in [-0.2, -0.15) is 0 Å². The van der Waals surface area contributed by atoms with Gasteiger partial charge < -0.3 is 10.1 Å². The van der Waals surface area contributed by atoms with Crippen molar-refractivity contribution in [2.75, 3.05) is 6.61 Å². The molecule has 2 rings (SSSR count). The molecule has 1 N–H and O–H groups in total. The fourth-order valence-electron chi connectivity index (χ4n) is 2.68. The van der Waals surface area contributed by atoms with Gasteiger partial charge in [-0.15, -0.1) is 6.42 Å². The number of halogens is 1. The Balaban J connectivity index is 1.96. The van der Waals surface area contributed by atoms with Crippen LogP contribution >= 0.6 is 15.9 Å². The molecular weight excluding hydrogens is 314 g/mol. The summed E-state index contributed by atoms with van der Waals surface area (Å²) >= 11 is 3.52. The molecule has 1 aliphatic carbocycles. The number of hydrogen-bond acceptors (Lipinski definition) is 2. The van der Waals surface area contributed by atoms with Crippen LogP contribution in [0.1, 0.15) is 44.1 Å². The van der Waals surface area contributed by atoms with Crippen molar-refractivity contribution in [3.05, 3.63) is 28.2 Å². The van der Waals surface area contributed by atoms with Crippen LogP contribution in [0, 0.1) is 12.3 Å². The van der Waals surface area contributed by atoms with Gasteiger partial charge in [0.1, 0.15) is 12.4 Å². The maximum absolute atomic E-state index is 5.61. The van der Waals surface area contributed by atoms with E-state index in [1.165, 1.54) is 44.1 Å². The number of rotatable bonds is 5. The van der Waals surface area contributed by atoms with Crippen molar-refractivity contribution < 1.29 is 4.74 Å². The number of nitrogens with one attached hydrogen (secondary N) is 1. The van der Waals surface area contributed by atoms with E-state index in [0.29, 0.717) is 12.6 Å². The van der Waals surface area contributed by atoms with Crippen LogP contribution in [0.15, 0.2) is 22.7 Å². The largest absolute Gasteiger partial charge is 0.481 e. The van der Waals surface area contributed by atoms with E-state index >= 15 is 0 Å². The van der Waals surface area contributed by atoms with Crippen molar-refractivity contribution in [1.82, 2.24) is 5.32 Å². The van der Waals surface area contributed by atoms with Gasteiger partial charge in [0.2, 0.25) is 0 Å². The maximum Gasteiger partial charge on any atom is 0.148 e. The van der Waals surface area contributed by atoms with E-state index in [4.69, 9.17) is 11.2 Å². The minimum absolute atomic E-state index is 0.318. The van der Waals surface area contributed by atoms with E-state index in [2.05, 4.69) is 33.2 Å². The summed E-state index contributed by atoms with van der Waals surface area (Å²) in [5.74, 6) is 3.40. The lowest BCUT2D eigenvalue weighted by Crippen LogP contribution is -2.28. The molecule has 1 fully saturated rings. The molecule has 108 valence electrons. The molecule has 0 unspecified atom stereocenters. The van der Waals surface area contributed by atoms with Gasteiger partial charge in [-0.25, -0.2) is 0 Å². The third-order valence-corrected chi connectivity index (χ3v) is 4.26. The Kier molecular flexibility index (Phi) is 6.42.